The minimum atomic E-state index is -0.00306. The fraction of sp³-hybridized carbons (Fsp3) is 0.273. The normalized spacial score (nSPS) is 12.7. The Morgan fingerprint density at radius 2 is 2.25 bits per heavy atom. The minimum absolute atomic E-state index is 0.00306. The van der Waals surface area contributed by atoms with Crippen molar-refractivity contribution in [3.63, 3.8) is 0 Å². The SMILES string of the molecule is CNC(c1ccn(C)n1)c1ccncc1Cl. The lowest BCUT2D eigenvalue weighted by Crippen LogP contribution is -2.19. The predicted molar refractivity (Wildman–Crippen MR) is 63.4 cm³/mol. The number of halogens is 1. The zero-order valence-electron chi connectivity index (χ0n) is 9.18. The molecular weight excluding hydrogens is 224 g/mol. The summed E-state index contributed by atoms with van der Waals surface area (Å²) in [6.07, 6.45) is 5.29. The van der Waals surface area contributed by atoms with E-state index in [0.717, 1.165) is 11.3 Å². The predicted octanol–water partition coefficient (Wildman–Crippen LogP) is 1.78. The van der Waals surface area contributed by atoms with Gasteiger partial charge in [-0.1, -0.05) is 11.6 Å². The van der Waals surface area contributed by atoms with Crippen LogP contribution in [-0.2, 0) is 7.05 Å². The Morgan fingerprint density at radius 1 is 1.44 bits per heavy atom. The summed E-state index contributed by atoms with van der Waals surface area (Å²) in [5.41, 5.74) is 1.93. The van der Waals surface area contributed by atoms with Gasteiger partial charge in [-0.2, -0.15) is 5.10 Å². The van der Waals surface area contributed by atoms with Gasteiger partial charge in [0.2, 0.25) is 0 Å². The van der Waals surface area contributed by atoms with E-state index < -0.39 is 0 Å². The maximum Gasteiger partial charge on any atom is 0.0839 e. The second-order valence-corrected chi connectivity index (χ2v) is 3.94. The quantitative estimate of drug-likeness (QED) is 0.884. The Hall–Kier alpha value is -1.39. The molecule has 0 radical (unpaired) electrons. The van der Waals surface area contributed by atoms with Crippen LogP contribution >= 0.6 is 11.6 Å². The molecular formula is C11H13ClN4. The molecule has 0 aliphatic heterocycles. The summed E-state index contributed by atoms with van der Waals surface area (Å²) in [5, 5.41) is 8.22. The van der Waals surface area contributed by atoms with E-state index >= 15 is 0 Å². The highest BCUT2D eigenvalue weighted by atomic mass is 35.5. The molecule has 2 aromatic rings. The van der Waals surface area contributed by atoms with Crippen LogP contribution in [0.3, 0.4) is 0 Å². The van der Waals surface area contributed by atoms with E-state index in [1.54, 1.807) is 17.1 Å². The molecule has 0 bridgehead atoms. The second kappa shape index (κ2) is 4.63. The van der Waals surface area contributed by atoms with E-state index in [-0.39, 0.29) is 6.04 Å². The molecule has 0 spiro atoms. The van der Waals surface area contributed by atoms with E-state index in [0.29, 0.717) is 5.02 Å². The van der Waals surface area contributed by atoms with Gasteiger partial charge in [-0.3, -0.25) is 9.67 Å². The van der Waals surface area contributed by atoms with Crippen LogP contribution in [-0.4, -0.2) is 21.8 Å². The number of nitrogens with zero attached hydrogens (tertiary/aromatic N) is 3. The molecule has 1 atom stereocenters. The third-order valence-corrected chi connectivity index (χ3v) is 2.75. The topological polar surface area (TPSA) is 42.7 Å². The number of aromatic nitrogens is 3. The molecule has 2 aromatic heterocycles. The van der Waals surface area contributed by atoms with Crippen LogP contribution in [0.25, 0.3) is 0 Å². The summed E-state index contributed by atoms with van der Waals surface area (Å²) in [5.74, 6) is 0. The highest BCUT2D eigenvalue weighted by molar-refractivity contribution is 6.31. The van der Waals surface area contributed by atoms with Crippen molar-refractivity contribution in [2.75, 3.05) is 7.05 Å². The van der Waals surface area contributed by atoms with Crippen LogP contribution in [0, 0.1) is 0 Å². The zero-order valence-corrected chi connectivity index (χ0v) is 9.94. The first kappa shape index (κ1) is 11.1. The molecule has 5 heteroatoms. The Labute approximate surface area is 99.3 Å². The average Bonchev–Trinajstić information content (AvgIpc) is 2.69. The number of hydrogen-bond donors (Lipinski definition) is 1. The lowest BCUT2D eigenvalue weighted by atomic mass is 10.1. The van der Waals surface area contributed by atoms with Crippen molar-refractivity contribution in [3.05, 3.63) is 47.0 Å². The van der Waals surface area contributed by atoms with Gasteiger partial charge in [-0.05, 0) is 24.7 Å². The molecule has 0 saturated heterocycles. The molecule has 2 heterocycles. The highest BCUT2D eigenvalue weighted by Crippen LogP contribution is 2.25. The summed E-state index contributed by atoms with van der Waals surface area (Å²) in [6, 6.07) is 3.87. The minimum Gasteiger partial charge on any atom is -0.308 e. The van der Waals surface area contributed by atoms with E-state index in [2.05, 4.69) is 15.4 Å². The summed E-state index contributed by atoms with van der Waals surface area (Å²) in [6.45, 7) is 0. The maximum atomic E-state index is 6.12. The summed E-state index contributed by atoms with van der Waals surface area (Å²) >= 11 is 6.12. The largest absolute Gasteiger partial charge is 0.308 e. The number of pyridine rings is 1. The van der Waals surface area contributed by atoms with Gasteiger partial charge in [0.15, 0.2) is 0 Å². The molecule has 0 saturated carbocycles. The summed E-state index contributed by atoms with van der Waals surface area (Å²) in [7, 11) is 3.78. The van der Waals surface area contributed by atoms with E-state index in [1.165, 1.54) is 0 Å². The van der Waals surface area contributed by atoms with Gasteiger partial charge in [-0.15, -0.1) is 0 Å². The van der Waals surface area contributed by atoms with Crippen molar-refractivity contribution in [3.8, 4) is 0 Å². The maximum absolute atomic E-state index is 6.12. The molecule has 84 valence electrons. The molecule has 4 nitrogen and oxygen atoms in total. The second-order valence-electron chi connectivity index (χ2n) is 3.53. The van der Waals surface area contributed by atoms with Gasteiger partial charge in [0.05, 0.1) is 16.8 Å². The molecule has 16 heavy (non-hydrogen) atoms. The van der Waals surface area contributed by atoms with Crippen molar-refractivity contribution in [2.45, 2.75) is 6.04 Å². The van der Waals surface area contributed by atoms with Crippen molar-refractivity contribution in [1.29, 1.82) is 0 Å². The van der Waals surface area contributed by atoms with Gasteiger partial charge < -0.3 is 5.32 Å². The lowest BCUT2D eigenvalue weighted by molar-refractivity contribution is 0.641. The fourth-order valence-electron chi connectivity index (χ4n) is 1.67. The standard InChI is InChI=1S/C11H13ClN4/c1-13-11(10-4-6-16(2)15-10)8-3-5-14-7-9(8)12/h3-7,11,13H,1-2H3. The third kappa shape index (κ3) is 2.08. The fourth-order valence-corrected chi connectivity index (χ4v) is 1.90. The van der Waals surface area contributed by atoms with Gasteiger partial charge >= 0.3 is 0 Å². The molecule has 1 unspecified atom stereocenters. The Bertz CT molecular complexity index is 480. The van der Waals surface area contributed by atoms with Crippen molar-refractivity contribution in [2.24, 2.45) is 7.05 Å². The first-order valence-electron chi connectivity index (χ1n) is 4.98. The number of nitrogens with one attached hydrogen (secondary N) is 1. The Balaban J connectivity index is 2.40. The number of rotatable bonds is 3. The number of hydrogen-bond acceptors (Lipinski definition) is 3. The molecule has 0 aliphatic rings. The van der Waals surface area contributed by atoms with Crippen LogP contribution in [0.2, 0.25) is 5.02 Å². The molecule has 0 aliphatic carbocycles. The molecule has 1 N–H and O–H groups in total. The third-order valence-electron chi connectivity index (χ3n) is 2.43. The van der Waals surface area contributed by atoms with Crippen LogP contribution < -0.4 is 5.32 Å². The average molecular weight is 237 g/mol. The monoisotopic (exact) mass is 236 g/mol. The van der Waals surface area contributed by atoms with Crippen LogP contribution in [0.5, 0.6) is 0 Å². The van der Waals surface area contributed by atoms with Gasteiger partial charge in [0.25, 0.3) is 0 Å². The van der Waals surface area contributed by atoms with Crippen molar-refractivity contribution in [1.82, 2.24) is 20.1 Å². The highest BCUT2D eigenvalue weighted by Gasteiger charge is 2.17. The lowest BCUT2D eigenvalue weighted by Gasteiger charge is -2.15. The Kier molecular flexibility index (Phi) is 3.22. The molecule has 2 rings (SSSR count). The molecule has 0 fully saturated rings. The van der Waals surface area contributed by atoms with Crippen LogP contribution in [0.4, 0.5) is 0 Å². The number of aryl methyl sites for hydroxylation is 1. The van der Waals surface area contributed by atoms with E-state index in [9.17, 15) is 0 Å². The first-order valence-corrected chi connectivity index (χ1v) is 5.36. The zero-order chi connectivity index (χ0) is 11.5. The van der Waals surface area contributed by atoms with Crippen LogP contribution in [0.15, 0.2) is 30.7 Å². The smallest absolute Gasteiger partial charge is 0.0839 e. The summed E-state index contributed by atoms with van der Waals surface area (Å²) < 4.78 is 1.77. The Morgan fingerprint density at radius 3 is 2.81 bits per heavy atom. The summed E-state index contributed by atoms with van der Waals surface area (Å²) in [4.78, 5) is 3.98. The van der Waals surface area contributed by atoms with E-state index in [4.69, 9.17) is 11.6 Å². The van der Waals surface area contributed by atoms with Crippen LogP contribution in [0.1, 0.15) is 17.3 Å². The molecule has 0 aromatic carbocycles. The van der Waals surface area contributed by atoms with E-state index in [1.807, 2.05) is 32.4 Å². The van der Waals surface area contributed by atoms with Crippen molar-refractivity contribution < 1.29 is 0 Å². The van der Waals surface area contributed by atoms with Crippen molar-refractivity contribution >= 4 is 11.6 Å². The molecule has 0 amide bonds. The van der Waals surface area contributed by atoms with Gasteiger partial charge in [-0.25, -0.2) is 0 Å². The van der Waals surface area contributed by atoms with Gasteiger partial charge in [0.1, 0.15) is 0 Å². The van der Waals surface area contributed by atoms with Gasteiger partial charge in [0, 0.05) is 25.6 Å². The first-order chi connectivity index (χ1) is 7.72.